The van der Waals surface area contributed by atoms with E-state index in [1.54, 1.807) is 18.5 Å². The first-order chi connectivity index (χ1) is 5.57. The Hall–Kier alpha value is -1.00. The highest BCUT2D eigenvalue weighted by molar-refractivity contribution is 5.38. The van der Waals surface area contributed by atoms with Crippen LogP contribution < -0.4 is 17.0 Å². The maximum Gasteiger partial charge on any atom is 0.253 e. The van der Waals surface area contributed by atoms with Crippen molar-refractivity contribution in [3.63, 3.8) is 0 Å². The molecule has 1 rings (SSSR count). The Morgan fingerprint density at radius 1 is 1.38 bits per heavy atom. The largest absolute Gasteiger partial charge is 1.00 e. The van der Waals surface area contributed by atoms with Crippen LogP contribution in [0.15, 0.2) is 6.07 Å². The number of aromatic hydroxyl groups is 2. The summed E-state index contributed by atoms with van der Waals surface area (Å²) in [6.45, 7) is 1.48. The fourth-order valence-electron chi connectivity index (χ4n) is 1.06. The fraction of sp³-hybridized carbons (Fsp3) is 0.375. The van der Waals surface area contributed by atoms with Crippen LogP contribution in [0.5, 0.6) is 11.5 Å². The average molecular weight is 206 g/mol. The summed E-state index contributed by atoms with van der Waals surface area (Å²) < 4.78 is 1.62. The van der Waals surface area contributed by atoms with Crippen molar-refractivity contribution < 1.29 is 32.3 Å². The van der Waals surface area contributed by atoms with Crippen molar-refractivity contribution in [2.24, 2.45) is 7.05 Å². The molecule has 0 saturated heterocycles. The summed E-state index contributed by atoms with van der Waals surface area (Å²) in [5.41, 5.74) is 1.09. The van der Waals surface area contributed by atoms with Crippen LogP contribution in [0, 0.1) is 6.92 Å². The van der Waals surface area contributed by atoms with E-state index in [1.807, 2.05) is 0 Å². The Bertz CT molecular complexity index is 288. The third kappa shape index (κ3) is 2.02. The number of aryl methyl sites for hydroxylation is 1. The van der Waals surface area contributed by atoms with Gasteiger partial charge in [0.15, 0.2) is 11.4 Å². The highest BCUT2D eigenvalue weighted by atomic mass is 35.5. The van der Waals surface area contributed by atoms with Gasteiger partial charge in [0.25, 0.3) is 5.69 Å². The van der Waals surface area contributed by atoms with Crippen LogP contribution in [-0.2, 0) is 13.7 Å². The molecule has 0 atom stereocenters. The molecule has 5 heteroatoms. The lowest BCUT2D eigenvalue weighted by Gasteiger charge is -2.03. The van der Waals surface area contributed by atoms with Crippen LogP contribution in [0.4, 0.5) is 0 Å². The third-order valence-corrected chi connectivity index (χ3v) is 1.95. The molecule has 0 aliphatic heterocycles. The Labute approximate surface area is 82.5 Å². The van der Waals surface area contributed by atoms with E-state index in [0.717, 1.165) is 5.69 Å². The summed E-state index contributed by atoms with van der Waals surface area (Å²) in [6, 6.07) is 1.44. The molecule has 1 heterocycles. The Balaban J connectivity index is 0.00000144. The second-order valence-electron chi connectivity index (χ2n) is 2.68. The summed E-state index contributed by atoms with van der Waals surface area (Å²) in [5.74, 6) is -0.458. The SMILES string of the molecule is Cc1cc(O)c(O)c(CO)[n+]1C.[Cl-]. The Kier molecular flexibility index (Phi) is 3.97. The van der Waals surface area contributed by atoms with E-state index >= 15 is 0 Å². The van der Waals surface area contributed by atoms with Gasteiger partial charge >= 0.3 is 0 Å². The molecule has 74 valence electrons. The normalized spacial score (nSPS) is 9.46. The van der Waals surface area contributed by atoms with Gasteiger partial charge in [-0.25, -0.2) is 0 Å². The molecule has 0 spiro atoms. The Morgan fingerprint density at radius 2 is 1.92 bits per heavy atom. The molecule has 0 fully saturated rings. The smallest absolute Gasteiger partial charge is 0.253 e. The van der Waals surface area contributed by atoms with Gasteiger partial charge in [0.05, 0.1) is 6.07 Å². The molecule has 13 heavy (non-hydrogen) atoms. The number of nitrogens with zero attached hydrogens (tertiary/aromatic N) is 1. The lowest BCUT2D eigenvalue weighted by molar-refractivity contribution is -0.687. The summed E-state index contributed by atoms with van der Waals surface area (Å²) in [5, 5.41) is 27.3. The molecule has 0 bridgehead atoms. The van der Waals surface area contributed by atoms with Crippen molar-refractivity contribution in [2.75, 3.05) is 0 Å². The Morgan fingerprint density at radius 3 is 2.38 bits per heavy atom. The molecule has 0 unspecified atom stereocenters. The number of rotatable bonds is 1. The van der Waals surface area contributed by atoms with E-state index in [4.69, 9.17) is 10.2 Å². The second kappa shape index (κ2) is 4.30. The number of aliphatic hydroxyl groups is 1. The zero-order valence-corrected chi connectivity index (χ0v) is 8.21. The molecule has 1 aromatic rings. The molecule has 0 amide bonds. The van der Waals surface area contributed by atoms with Crippen LogP contribution >= 0.6 is 0 Å². The van der Waals surface area contributed by atoms with Crippen molar-refractivity contribution in [3.05, 3.63) is 17.5 Å². The van der Waals surface area contributed by atoms with Gasteiger partial charge < -0.3 is 27.7 Å². The van der Waals surface area contributed by atoms with E-state index in [9.17, 15) is 5.11 Å². The number of pyridine rings is 1. The molecule has 0 aromatic carbocycles. The van der Waals surface area contributed by atoms with Gasteiger partial charge in [0.2, 0.25) is 5.75 Å². The van der Waals surface area contributed by atoms with Crippen molar-refractivity contribution in [1.29, 1.82) is 0 Å². The molecular formula is C8H12ClNO3. The highest BCUT2D eigenvalue weighted by Crippen LogP contribution is 2.26. The van der Waals surface area contributed by atoms with Gasteiger partial charge in [-0.3, -0.25) is 0 Å². The van der Waals surface area contributed by atoms with E-state index in [2.05, 4.69) is 0 Å². The minimum atomic E-state index is -0.294. The molecule has 0 radical (unpaired) electrons. The van der Waals surface area contributed by atoms with Crippen LogP contribution in [0.2, 0.25) is 0 Å². The van der Waals surface area contributed by atoms with Crippen LogP contribution in [0.3, 0.4) is 0 Å². The number of aliphatic hydroxyl groups excluding tert-OH is 1. The van der Waals surface area contributed by atoms with E-state index < -0.39 is 0 Å². The lowest BCUT2D eigenvalue weighted by atomic mass is 10.2. The number of aromatic nitrogens is 1. The number of halogens is 1. The molecule has 0 aliphatic rings. The van der Waals surface area contributed by atoms with Crippen molar-refractivity contribution in [3.8, 4) is 11.5 Å². The topological polar surface area (TPSA) is 64.6 Å². The first-order valence-electron chi connectivity index (χ1n) is 3.59. The second-order valence-corrected chi connectivity index (χ2v) is 2.68. The predicted molar refractivity (Wildman–Crippen MR) is 41.6 cm³/mol. The van der Waals surface area contributed by atoms with Crippen molar-refractivity contribution >= 4 is 0 Å². The maximum absolute atomic E-state index is 9.27. The van der Waals surface area contributed by atoms with Gasteiger partial charge in [0.1, 0.15) is 13.7 Å². The maximum atomic E-state index is 9.27. The average Bonchev–Trinajstić information content (AvgIpc) is 2.02. The summed E-state index contributed by atoms with van der Waals surface area (Å²) in [7, 11) is 1.71. The van der Waals surface area contributed by atoms with Crippen molar-refractivity contribution in [1.82, 2.24) is 0 Å². The highest BCUT2D eigenvalue weighted by Gasteiger charge is 2.18. The molecule has 0 aliphatic carbocycles. The van der Waals surface area contributed by atoms with Gasteiger partial charge in [-0.1, -0.05) is 0 Å². The van der Waals surface area contributed by atoms with Gasteiger partial charge in [-0.2, -0.15) is 4.57 Å². The minimum absolute atomic E-state index is 0. The zero-order valence-electron chi connectivity index (χ0n) is 7.45. The van der Waals surface area contributed by atoms with Crippen LogP contribution in [0.1, 0.15) is 11.4 Å². The standard InChI is InChI=1S/C8H11NO3.ClH/c1-5-3-7(11)8(12)6(4-10)9(5)2;/h3,10,12H,4H2,1-2H3;1H. The first kappa shape index (κ1) is 12.0. The minimum Gasteiger partial charge on any atom is -1.00 e. The van der Waals surface area contributed by atoms with Gasteiger partial charge in [-0.15, -0.1) is 0 Å². The summed E-state index contributed by atoms with van der Waals surface area (Å²) in [4.78, 5) is 0. The predicted octanol–water partition coefficient (Wildman–Crippen LogP) is -3.27. The number of hydrogen-bond donors (Lipinski definition) is 3. The van der Waals surface area contributed by atoms with Crippen LogP contribution in [0.25, 0.3) is 0 Å². The van der Waals surface area contributed by atoms with Crippen molar-refractivity contribution in [2.45, 2.75) is 13.5 Å². The van der Waals surface area contributed by atoms with E-state index in [0.29, 0.717) is 5.69 Å². The van der Waals surface area contributed by atoms with E-state index in [-0.39, 0.29) is 30.5 Å². The van der Waals surface area contributed by atoms with Crippen LogP contribution in [-0.4, -0.2) is 15.3 Å². The molecule has 4 nitrogen and oxygen atoms in total. The lowest BCUT2D eigenvalue weighted by Crippen LogP contribution is -3.00. The molecular weight excluding hydrogens is 194 g/mol. The first-order valence-corrected chi connectivity index (χ1v) is 3.59. The van der Waals surface area contributed by atoms with E-state index in [1.165, 1.54) is 6.07 Å². The fourth-order valence-corrected chi connectivity index (χ4v) is 1.06. The monoisotopic (exact) mass is 205 g/mol. The summed E-state index contributed by atoms with van der Waals surface area (Å²) in [6.07, 6.45) is 0. The van der Waals surface area contributed by atoms with Gasteiger partial charge in [-0.05, 0) is 0 Å². The molecule has 0 saturated carbocycles. The molecule has 1 aromatic heterocycles. The zero-order chi connectivity index (χ0) is 9.30. The molecule has 3 N–H and O–H groups in total. The third-order valence-electron chi connectivity index (χ3n) is 1.95. The van der Waals surface area contributed by atoms with Gasteiger partial charge in [0, 0.05) is 6.92 Å². The summed E-state index contributed by atoms with van der Waals surface area (Å²) >= 11 is 0. The quantitative estimate of drug-likeness (QED) is 0.422. The number of hydrogen-bond acceptors (Lipinski definition) is 3.